The summed E-state index contributed by atoms with van der Waals surface area (Å²) in [6.07, 6.45) is 5.29. The molecule has 90 valence electrons. The van der Waals surface area contributed by atoms with Crippen LogP contribution in [0.15, 0.2) is 30.3 Å². The van der Waals surface area contributed by atoms with Gasteiger partial charge in [-0.05, 0) is 17.9 Å². The summed E-state index contributed by atoms with van der Waals surface area (Å²) >= 11 is 0. The van der Waals surface area contributed by atoms with Crippen molar-refractivity contribution in [1.82, 2.24) is 0 Å². The van der Waals surface area contributed by atoms with Crippen LogP contribution in [-0.2, 0) is 11.3 Å². The highest BCUT2D eigenvalue weighted by atomic mass is 16.5. The Morgan fingerprint density at radius 1 is 1.12 bits per heavy atom. The van der Waals surface area contributed by atoms with Crippen molar-refractivity contribution in [3.8, 4) is 0 Å². The van der Waals surface area contributed by atoms with Crippen LogP contribution in [0.5, 0.6) is 0 Å². The molecule has 16 heavy (non-hydrogen) atoms. The van der Waals surface area contributed by atoms with Crippen LogP contribution < -0.4 is 0 Å². The van der Waals surface area contributed by atoms with E-state index in [4.69, 9.17) is 4.74 Å². The Morgan fingerprint density at radius 3 is 2.56 bits per heavy atom. The van der Waals surface area contributed by atoms with Crippen LogP contribution in [0.25, 0.3) is 0 Å². The van der Waals surface area contributed by atoms with Gasteiger partial charge in [-0.1, -0.05) is 63.4 Å². The van der Waals surface area contributed by atoms with Crippen LogP contribution in [0.3, 0.4) is 0 Å². The zero-order chi connectivity index (χ0) is 11.6. The molecule has 0 aliphatic carbocycles. The summed E-state index contributed by atoms with van der Waals surface area (Å²) in [4.78, 5) is 0. The zero-order valence-electron chi connectivity index (χ0n) is 10.6. The first-order chi connectivity index (χ1) is 7.83. The molecule has 0 heterocycles. The maximum atomic E-state index is 5.71. The van der Waals surface area contributed by atoms with Gasteiger partial charge in [-0.2, -0.15) is 0 Å². The minimum Gasteiger partial charge on any atom is -0.376 e. The van der Waals surface area contributed by atoms with Crippen molar-refractivity contribution in [1.29, 1.82) is 0 Å². The Kier molecular flexibility index (Phi) is 6.91. The van der Waals surface area contributed by atoms with Gasteiger partial charge in [0.15, 0.2) is 0 Å². The van der Waals surface area contributed by atoms with E-state index in [1.807, 2.05) is 6.07 Å². The molecule has 0 aromatic heterocycles. The Morgan fingerprint density at radius 2 is 1.88 bits per heavy atom. The molecular formula is C15H24O. The van der Waals surface area contributed by atoms with Gasteiger partial charge in [0.2, 0.25) is 0 Å². The summed E-state index contributed by atoms with van der Waals surface area (Å²) in [5, 5.41) is 0. The average Bonchev–Trinajstić information content (AvgIpc) is 2.31. The second-order valence-electron chi connectivity index (χ2n) is 4.60. The van der Waals surface area contributed by atoms with Crippen LogP contribution in [0.1, 0.15) is 45.1 Å². The van der Waals surface area contributed by atoms with Crippen molar-refractivity contribution >= 4 is 0 Å². The Labute approximate surface area is 99.8 Å². The molecule has 1 nitrogen and oxygen atoms in total. The number of ether oxygens (including phenoxy) is 1. The third-order valence-electron chi connectivity index (χ3n) is 2.81. The highest BCUT2D eigenvalue weighted by Gasteiger charge is 2.01. The molecule has 0 bridgehead atoms. The van der Waals surface area contributed by atoms with Gasteiger partial charge in [0.05, 0.1) is 6.61 Å². The molecule has 0 fully saturated rings. The van der Waals surface area contributed by atoms with Gasteiger partial charge in [-0.15, -0.1) is 0 Å². The summed E-state index contributed by atoms with van der Waals surface area (Å²) < 4.78 is 5.71. The summed E-state index contributed by atoms with van der Waals surface area (Å²) in [5.74, 6) is 0.690. The summed E-state index contributed by atoms with van der Waals surface area (Å²) in [5.41, 5.74) is 1.27. The first kappa shape index (κ1) is 13.2. The third kappa shape index (κ3) is 5.92. The third-order valence-corrected chi connectivity index (χ3v) is 2.81. The lowest BCUT2D eigenvalue weighted by Crippen LogP contribution is -2.05. The molecule has 0 radical (unpaired) electrons. The SMILES string of the molecule is CCCCC[C@H](C)COCc1ccccc1. The van der Waals surface area contributed by atoms with Crippen molar-refractivity contribution in [2.45, 2.75) is 46.1 Å². The van der Waals surface area contributed by atoms with Crippen LogP contribution in [0.4, 0.5) is 0 Å². The van der Waals surface area contributed by atoms with Gasteiger partial charge in [-0.3, -0.25) is 0 Å². The van der Waals surface area contributed by atoms with Gasteiger partial charge in [0.25, 0.3) is 0 Å². The van der Waals surface area contributed by atoms with Crippen LogP contribution in [0.2, 0.25) is 0 Å². The number of unbranched alkanes of at least 4 members (excludes halogenated alkanes) is 2. The summed E-state index contributed by atoms with van der Waals surface area (Å²) in [6.45, 7) is 6.16. The Hall–Kier alpha value is -0.820. The van der Waals surface area contributed by atoms with Crippen molar-refractivity contribution in [2.75, 3.05) is 6.61 Å². The molecule has 1 aromatic rings. The van der Waals surface area contributed by atoms with Crippen molar-refractivity contribution in [2.24, 2.45) is 5.92 Å². The lowest BCUT2D eigenvalue weighted by atomic mass is 10.0. The number of benzene rings is 1. The number of rotatable bonds is 8. The smallest absolute Gasteiger partial charge is 0.0717 e. The maximum absolute atomic E-state index is 5.71. The Balaban J connectivity index is 2.06. The number of hydrogen-bond donors (Lipinski definition) is 0. The van der Waals surface area contributed by atoms with Crippen LogP contribution in [0, 0.1) is 5.92 Å². The monoisotopic (exact) mass is 220 g/mol. The fourth-order valence-electron chi connectivity index (χ4n) is 1.78. The van der Waals surface area contributed by atoms with Gasteiger partial charge < -0.3 is 4.74 Å². The zero-order valence-corrected chi connectivity index (χ0v) is 10.6. The standard InChI is InChI=1S/C15H24O/c1-3-4-6-9-14(2)12-16-13-15-10-7-5-8-11-15/h5,7-8,10-11,14H,3-4,6,9,12-13H2,1-2H3/t14-/m0/s1. The molecule has 1 aromatic carbocycles. The van der Waals surface area contributed by atoms with Gasteiger partial charge in [0.1, 0.15) is 0 Å². The van der Waals surface area contributed by atoms with Crippen LogP contribution in [-0.4, -0.2) is 6.61 Å². The van der Waals surface area contributed by atoms with Crippen LogP contribution >= 0.6 is 0 Å². The lowest BCUT2D eigenvalue weighted by Gasteiger charge is -2.11. The number of hydrogen-bond acceptors (Lipinski definition) is 1. The lowest BCUT2D eigenvalue weighted by molar-refractivity contribution is 0.0887. The molecular weight excluding hydrogens is 196 g/mol. The van der Waals surface area contributed by atoms with E-state index >= 15 is 0 Å². The van der Waals surface area contributed by atoms with Crippen molar-refractivity contribution < 1.29 is 4.74 Å². The second-order valence-corrected chi connectivity index (χ2v) is 4.60. The van der Waals surface area contributed by atoms with E-state index in [9.17, 15) is 0 Å². The molecule has 0 saturated heterocycles. The molecule has 0 amide bonds. The molecule has 0 aliphatic heterocycles. The predicted molar refractivity (Wildman–Crippen MR) is 69.4 cm³/mol. The maximum Gasteiger partial charge on any atom is 0.0717 e. The van der Waals surface area contributed by atoms with E-state index in [-0.39, 0.29) is 0 Å². The molecule has 0 aliphatic rings. The minimum atomic E-state index is 0.690. The van der Waals surface area contributed by atoms with Gasteiger partial charge in [-0.25, -0.2) is 0 Å². The van der Waals surface area contributed by atoms with Crippen molar-refractivity contribution in [3.63, 3.8) is 0 Å². The summed E-state index contributed by atoms with van der Waals surface area (Å²) in [7, 11) is 0. The van der Waals surface area contributed by atoms with Gasteiger partial charge >= 0.3 is 0 Å². The molecule has 1 heteroatoms. The fraction of sp³-hybridized carbons (Fsp3) is 0.600. The molecule has 0 spiro atoms. The topological polar surface area (TPSA) is 9.23 Å². The fourth-order valence-corrected chi connectivity index (χ4v) is 1.78. The van der Waals surface area contributed by atoms with E-state index in [0.717, 1.165) is 13.2 Å². The first-order valence-corrected chi connectivity index (χ1v) is 6.44. The quantitative estimate of drug-likeness (QED) is 0.589. The Bertz CT molecular complexity index is 255. The van der Waals surface area contributed by atoms with E-state index in [0.29, 0.717) is 5.92 Å². The first-order valence-electron chi connectivity index (χ1n) is 6.44. The van der Waals surface area contributed by atoms with Crippen molar-refractivity contribution in [3.05, 3.63) is 35.9 Å². The minimum absolute atomic E-state index is 0.690. The van der Waals surface area contributed by atoms with E-state index in [2.05, 4.69) is 38.1 Å². The molecule has 0 unspecified atom stereocenters. The van der Waals surface area contributed by atoms with E-state index in [1.54, 1.807) is 0 Å². The molecule has 0 saturated carbocycles. The largest absolute Gasteiger partial charge is 0.376 e. The summed E-state index contributed by atoms with van der Waals surface area (Å²) in [6, 6.07) is 10.4. The predicted octanol–water partition coefficient (Wildman–Crippen LogP) is 4.42. The molecule has 1 rings (SSSR count). The van der Waals surface area contributed by atoms with E-state index < -0.39 is 0 Å². The molecule has 1 atom stereocenters. The highest BCUT2D eigenvalue weighted by molar-refractivity contribution is 5.13. The van der Waals surface area contributed by atoms with Gasteiger partial charge in [0, 0.05) is 6.61 Å². The molecule has 0 N–H and O–H groups in total. The van der Waals surface area contributed by atoms with E-state index in [1.165, 1.54) is 31.2 Å². The second kappa shape index (κ2) is 8.35. The normalized spacial score (nSPS) is 12.6. The average molecular weight is 220 g/mol. The highest BCUT2D eigenvalue weighted by Crippen LogP contribution is 2.10.